The first-order valence-corrected chi connectivity index (χ1v) is 7.19. The van der Waals surface area contributed by atoms with Crippen molar-refractivity contribution in [2.75, 3.05) is 7.05 Å². The van der Waals surface area contributed by atoms with E-state index in [1.54, 1.807) is 32.2 Å². The first kappa shape index (κ1) is 14.5. The van der Waals surface area contributed by atoms with E-state index in [1.807, 2.05) is 0 Å². The van der Waals surface area contributed by atoms with Crippen LogP contribution in [-0.4, -0.2) is 33.5 Å². The number of hydrogen-bond acceptors (Lipinski definition) is 4. The number of amides is 1. The smallest absolute Gasteiger partial charge is 0.404 e. The number of phosphoric acid groups is 1. The summed E-state index contributed by atoms with van der Waals surface area (Å²) in [7, 11) is -2.92. The van der Waals surface area contributed by atoms with E-state index in [0.29, 0.717) is 17.1 Å². The minimum atomic E-state index is -4.56. The van der Waals surface area contributed by atoms with Gasteiger partial charge >= 0.3 is 7.82 Å². The highest BCUT2D eigenvalue weighted by Crippen LogP contribution is 2.37. The summed E-state index contributed by atoms with van der Waals surface area (Å²) < 4.78 is 15.1. The van der Waals surface area contributed by atoms with Crippen LogP contribution < -0.4 is 4.52 Å². The number of hydrogen-bond donors (Lipinski definition) is 2. The summed E-state index contributed by atoms with van der Waals surface area (Å²) in [4.78, 5) is 34.7. The van der Waals surface area contributed by atoms with Crippen molar-refractivity contribution in [3.63, 3.8) is 0 Å². The van der Waals surface area contributed by atoms with Crippen LogP contribution >= 0.6 is 7.82 Å². The largest absolute Gasteiger partial charge is 0.524 e. The maximum Gasteiger partial charge on any atom is 0.524 e. The molecule has 1 amide bonds. The summed E-state index contributed by atoms with van der Waals surface area (Å²) in [6.07, 6.45) is 1.59. The molecular formula is C12H13N2O5P. The average Bonchev–Trinajstić information content (AvgIpc) is 2.58. The van der Waals surface area contributed by atoms with Gasteiger partial charge < -0.3 is 4.52 Å². The molecule has 7 nitrogen and oxygen atoms in total. The second-order valence-corrected chi connectivity index (χ2v) is 5.37. The topological polar surface area (TPSA) is 99.4 Å². The predicted octanol–water partition coefficient (Wildman–Crippen LogP) is 1.39. The summed E-state index contributed by atoms with van der Waals surface area (Å²) in [5.74, 6) is 0.468. The van der Waals surface area contributed by atoms with Gasteiger partial charge in [-0.25, -0.2) is 9.56 Å². The van der Waals surface area contributed by atoms with Crippen molar-refractivity contribution in [3.05, 3.63) is 35.5 Å². The molecule has 1 aliphatic heterocycles. The Morgan fingerprint density at radius 2 is 1.90 bits per heavy atom. The Balaban J connectivity index is 2.20. The SMILES string of the molecule is CC1=N/C(=C\c2ccc(OP(=O)(O)O)cc2)C(=O)N1C. The molecule has 1 aliphatic rings. The van der Waals surface area contributed by atoms with E-state index in [9.17, 15) is 9.36 Å². The molecule has 106 valence electrons. The molecule has 1 heterocycles. The lowest BCUT2D eigenvalue weighted by molar-refractivity contribution is -0.121. The van der Waals surface area contributed by atoms with Gasteiger partial charge in [0.15, 0.2) is 0 Å². The standard InChI is InChI=1S/C12H13N2O5P/c1-8-13-11(12(15)14(8)2)7-9-3-5-10(6-4-9)19-20(16,17)18/h3-7H,1-2H3,(H2,16,17,18)/b11-7-. The van der Waals surface area contributed by atoms with Gasteiger partial charge in [0.1, 0.15) is 17.3 Å². The van der Waals surface area contributed by atoms with Crippen molar-refractivity contribution >= 4 is 25.6 Å². The van der Waals surface area contributed by atoms with E-state index < -0.39 is 7.82 Å². The number of carbonyl (C=O) groups is 1. The van der Waals surface area contributed by atoms with Crippen molar-refractivity contribution in [2.24, 2.45) is 4.99 Å². The average molecular weight is 296 g/mol. The molecule has 0 atom stereocenters. The number of carbonyl (C=O) groups excluding carboxylic acids is 1. The van der Waals surface area contributed by atoms with Crippen LogP contribution in [0.3, 0.4) is 0 Å². The highest BCUT2D eigenvalue weighted by molar-refractivity contribution is 7.46. The Morgan fingerprint density at radius 1 is 1.30 bits per heavy atom. The monoisotopic (exact) mass is 296 g/mol. The van der Waals surface area contributed by atoms with E-state index in [4.69, 9.17) is 9.79 Å². The second-order valence-electron chi connectivity index (χ2n) is 4.20. The lowest BCUT2D eigenvalue weighted by Crippen LogP contribution is -2.25. The summed E-state index contributed by atoms with van der Waals surface area (Å²) in [5, 5.41) is 0. The van der Waals surface area contributed by atoms with Crippen LogP contribution in [0.1, 0.15) is 12.5 Å². The zero-order valence-corrected chi connectivity index (χ0v) is 11.7. The van der Waals surface area contributed by atoms with Crippen LogP contribution in [0, 0.1) is 0 Å². The number of aliphatic imine (C=N–C) groups is 1. The van der Waals surface area contributed by atoms with E-state index in [1.165, 1.54) is 17.0 Å². The number of rotatable bonds is 3. The van der Waals surface area contributed by atoms with Gasteiger partial charge in [0.25, 0.3) is 5.91 Å². The predicted molar refractivity (Wildman–Crippen MR) is 73.0 cm³/mol. The molecule has 0 aliphatic carbocycles. The van der Waals surface area contributed by atoms with Crippen LogP contribution in [0.15, 0.2) is 35.0 Å². The van der Waals surface area contributed by atoms with Crippen LogP contribution in [0.5, 0.6) is 5.75 Å². The zero-order valence-electron chi connectivity index (χ0n) is 10.8. The van der Waals surface area contributed by atoms with Gasteiger partial charge in [-0.05, 0) is 30.7 Å². The normalized spacial score (nSPS) is 17.6. The van der Waals surface area contributed by atoms with E-state index in [-0.39, 0.29) is 11.7 Å². The van der Waals surface area contributed by atoms with Gasteiger partial charge in [-0.2, -0.15) is 0 Å². The summed E-state index contributed by atoms with van der Waals surface area (Å²) in [5.41, 5.74) is 0.993. The van der Waals surface area contributed by atoms with Crippen LogP contribution in [0.2, 0.25) is 0 Å². The molecule has 0 radical (unpaired) electrons. The highest BCUT2D eigenvalue weighted by atomic mass is 31.2. The number of phosphoric ester groups is 1. The molecule has 0 spiro atoms. The number of amidine groups is 1. The third kappa shape index (κ3) is 3.33. The Morgan fingerprint density at radius 3 is 2.35 bits per heavy atom. The first-order chi connectivity index (χ1) is 9.26. The van der Waals surface area contributed by atoms with Crippen molar-refractivity contribution in [1.29, 1.82) is 0 Å². The Hall–Kier alpha value is -1.95. The number of benzene rings is 1. The van der Waals surface area contributed by atoms with Crippen LogP contribution in [-0.2, 0) is 9.36 Å². The maximum absolute atomic E-state index is 11.8. The molecule has 20 heavy (non-hydrogen) atoms. The molecule has 1 aromatic rings. The molecule has 0 aromatic heterocycles. The van der Waals surface area contributed by atoms with Gasteiger partial charge in [0.2, 0.25) is 0 Å². The summed E-state index contributed by atoms with van der Waals surface area (Å²) in [6, 6.07) is 5.97. The molecular weight excluding hydrogens is 283 g/mol. The van der Waals surface area contributed by atoms with E-state index in [0.717, 1.165) is 0 Å². The molecule has 0 saturated heterocycles. The molecule has 0 fully saturated rings. The van der Waals surface area contributed by atoms with Gasteiger partial charge in [-0.15, -0.1) is 0 Å². The number of likely N-dealkylation sites (N-methyl/N-ethyl adjacent to an activating group) is 1. The summed E-state index contributed by atoms with van der Waals surface area (Å²) >= 11 is 0. The molecule has 0 bridgehead atoms. The van der Waals surface area contributed by atoms with E-state index in [2.05, 4.69) is 9.52 Å². The second kappa shape index (κ2) is 5.20. The first-order valence-electron chi connectivity index (χ1n) is 5.66. The lowest BCUT2D eigenvalue weighted by atomic mass is 10.2. The minimum Gasteiger partial charge on any atom is -0.404 e. The molecule has 0 unspecified atom stereocenters. The van der Waals surface area contributed by atoms with Gasteiger partial charge in [0.05, 0.1) is 0 Å². The zero-order chi connectivity index (χ0) is 14.9. The van der Waals surface area contributed by atoms with Crippen molar-refractivity contribution in [2.45, 2.75) is 6.92 Å². The molecule has 0 saturated carbocycles. The van der Waals surface area contributed by atoms with Crippen molar-refractivity contribution in [1.82, 2.24) is 4.90 Å². The molecule has 8 heteroatoms. The van der Waals surface area contributed by atoms with Gasteiger partial charge in [0, 0.05) is 7.05 Å². The fourth-order valence-electron chi connectivity index (χ4n) is 1.63. The Labute approximate surface area is 115 Å². The lowest BCUT2D eigenvalue weighted by Gasteiger charge is -2.07. The highest BCUT2D eigenvalue weighted by Gasteiger charge is 2.23. The molecule has 1 aromatic carbocycles. The third-order valence-corrected chi connectivity index (χ3v) is 3.15. The quantitative estimate of drug-likeness (QED) is 0.648. The summed E-state index contributed by atoms with van der Waals surface area (Å²) in [6.45, 7) is 1.73. The van der Waals surface area contributed by atoms with Crippen LogP contribution in [0.25, 0.3) is 6.08 Å². The fraction of sp³-hybridized carbons (Fsp3) is 0.167. The van der Waals surface area contributed by atoms with Gasteiger partial charge in [-0.3, -0.25) is 19.5 Å². The fourth-order valence-corrected chi connectivity index (χ4v) is 2.03. The van der Waals surface area contributed by atoms with Crippen molar-refractivity contribution < 1.29 is 23.7 Å². The third-order valence-electron chi connectivity index (χ3n) is 2.70. The van der Waals surface area contributed by atoms with Gasteiger partial charge in [-0.1, -0.05) is 12.1 Å². The van der Waals surface area contributed by atoms with E-state index >= 15 is 0 Å². The van der Waals surface area contributed by atoms with Crippen LogP contribution in [0.4, 0.5) is 0 Å². The Kier molecular flexibility index (Phi) is 3.76. The number of nitrogens with zero attached hydrogens (tertiary/aromatic N) is 2. The molecule has 2 N–H and O–H groups in total. The maximum atomic E-state index is 11.8. The minimum absolute atomic E-state index is 0.0510. The molecule has 2 rings (SSSR count). The van der Waals surface area contributed by atoms with Crippen molar-refractivity contribution in [3.8, 4) is 5.75 Å². The Bertz CT molecular complexity index is 644.